The minimum atomic E-state index is -1.20. The highest BCUT2D eigenvalue weighted by molar-refractivity contribution is 7.80. The topological polar surface area (TPSA) is 208 Å². The number of carbonyl (C=O) groups is 5. The fourth-order valence-corrected chi connectivity index (χ4v) is 3.22. The summed E-state index contributed by atoms with van der Waals surface area (Å²) in [5, 5.41) is 33.7. The molecule has 1 aromatic rings. The van der Waals surface area contributed by atoms with Gasteiger partial charge >= 0.3 is 17.9 Å². The number of rotatable bonds is 17. The molecule has 37 heavy (non-hydrogen) atoms. The molecule has 0 aliphatic carbocycles. The number of carboxylic acids is 3. The summed E-state index contributed by atoms with van der Waals surface area (Å²) in [5.74, 6) is -4.38. The Hall–Kier alpha value is -3.16. The van der Waals surface area contributed by atoms with Crippen molar-refractivity contribution in [2.75, 3.05) is 18.8 Å². The second-order valence-corrected chi connectivity index (χ2v) is 8.45. The zero-order valence-electron chi connectivity index (χ0n) is 20.9. The number of hydrogen-bond donors (Lipinski definition) is 8. The second-order valence-electron chi connectivity index (χ2n) is 8.09. The SMILES string of the molecule is CCCCCCN[C@@H](CCC(=O)N[C@@H](CS)C(=O)NCC(=O)O)C(=O)O.NC(C(=O)O)c1ccccc1. The molecule has 8 N–H and O–H groups in total. The summed E-state index contributed by atoms with van der Waals surface area (Å²) in [6, 6.07) is 6.01. The molecular weight excluding hydrogens is 504 g/mol. The predicted octanol–water partition coefficient (Wildman–Crippen LogP) is 0.776. The zero-order chi connectivity index (χ0) is 28.2. The minimum Gasteiger partial charge on any atom is -0.480 e. The van der Waals surface area contributed by atoms with Crippen molar-refractivity contribution in [2.24, 2.45) is 5.73 Å². The van der Waals surface area contributed by atoms with Gasteiger partial charge in [0.05, 0.1) is 0 Å². The molecule has 0 heterocycles. The van der Waals surface area contributed by atoms with Crippen LogP contribution in [0.1, 0.15) is 57.1 Å². The van der Waals surface area contributed by atoms with Crippen LogP contribution in [0.5, 0.6) is 0 Å². The summed E-state index contributed by atoms with van der Waals surface area (Å²) >= 11 is 3.96. The molecule has 1 rings (SSSR count). The Morgan fingerprint density at radius 2 is 1.59 bits per heavy atom. The van der Waals surface area contributed by atoms with Gasteiger partial charge in [-0.15, -0.1) is 0 Å². The van der Waals surface area contributed by atoms with E-state index < -0.39 is 54.4 Å². The first-order chi connectivity index (χ1) is 17.5. The van der Waals surface area contributed by atoms with E-state index in [-0.39, 0.29) is 18.6 Å². The molecule has 208 valence electrons. The molecule has 2 amide bonds. The van der Waals surface area contributed by atoms with Crippen molar-refractivity contribution in [3.63, 3.8) is 0 Å². The van der Waals surface area contributed by atoms with Crippen LogP contribution in [0.2, 0.25) is 0 Å². The van der Waals surface area contributed by atoms with Crippen LogP contribution in [0.15, 0.2) is 30.3 Å². The minimum absolute atomic E-state index is 0.00473. The number of benzene rings is 1. The fraction of sp³-hybridized carbons (Fsp3) is 0.542. The number of thiol groups is 1. The lowest BCUT2D eigenvalue weighted by molar-refractivity contribution is -0.140. The van der Waals surface area contributed by atoms with E-state index >= 15 is 0 Å². The van der Waals surface area contributed by atoms with Crippen molar-refractivity contribution in [2.45, 2.75) is 63.6 Å². The van der Waals surface area contributed by atoms with Crippen LogP contribution in [-0.4, -0.2) is 76.0 Å². The molecule has 13 heteroatoms. The van der Waals surface area contributed by atoms with Crippen LogP contribution in [0.25, 0.3) is 0 Å². The number of aliphatic carboxylic acids is 3. The van der Waals surface area contributed by atoms with Gasteiger partial charge in [-0.2, -0.15) is 12.6 Å². The van der Waals surface area contributed by atoms with Crippen LogP contribution in [0.4, 0.5) is 0 Å². The Morgan fingerprint density at radius 3 is 2.11 bits per heavy atom. The molecule has 0 aliphatic heterocycles. The number of carbonyl (C=O) groups excluding carboxylic acids is 2. The van der Waals surface area contributed by atoms with Gasteiger partial charge in [-0.1, -0.05) is 56.5 Å². The zero-order valence-corrected chi connectivity index (χ0v) is 21.8. The third-order valence-electron chi connectivity index (χ3n) is 5.05. The molecule has 1 aromatic carbocycles. The van der Waals surface area contributed by atoms with Gasteiger partial charge in [-0.25, -0.2) is 0 Å². The van der Waals surface area contributed by atoms with E-state index in [0.717, 1.165) is 25.7 Å². The number of amides is 2. The summed E-state index contributed by atoms with van der Waals surface area (Å²) in [6.07, 6.45) is 4.09. The van der Waals surface area contributed by atoms with Gasteiger partial charge in [0, 0.05) is 12.2 Å². The Labute approximate surface area is 221 Å². The van der Waals surface area contributed by atoms with Crippen LogP contribution in [0, 0.1) is 0 Å². The van der Waals surface area contributed by atoms with Crippen LogP contribution in [0.3, 0.4) is 0 Å². The Morgan fingerprint density at radius 1 is 0.946 bits per heavy atom. The number of hydrogen-bond acceptors (Lipinski definition) is 8. The van der Waals surface area contributed by atoms with Crippen LogP contribution < -0.4 is 21.7 Å². The molecule has 0 fully saturated rings. The van der Waals surface area contributed by atoms with Gasteiger partial charge in [0.1, 0.15) is 24.7 Å². The van der Waals surface area contributed by atoms with Crippen molar-refractivity contribution in [3.05, 3.63) is 35.9 Å². The van der Waals surface area contributed by atoms with Gasteiger partial charge < -0.3 is 37.0 Å². The normalized spacial score (nSPS) is 12.7. The van der Waals surface area contributed by atoms with E-state index in [1.54, 1.807) is 24.3 Å². The third kappa shape index (κ3) is 16.3. The Kier molecular flexibility index (Phi) is 18.3. The summed E-state index contributed by atoms with van der Waals surface area (Å²) in [5.41, 5.74) is 5.96. The number of unbranched alkanes of at least 4 members (excludes halogenated alkanes) is 3. The van der Waals surface area contributed by atoms with E-state index in [0.29, 0.717) is 12.1 Å². The number of nitrogens with one attached hydrogen (secondary N) is 3. The summed E-state index contributed by atoms with van der Waals surface area (Å²) < 4.78 is 0. The smallest absolute Gasteiger partial charge is 0.325 e. The lowest BCUT2D eigenvalue weighted by atomic mass is 10.1. The van der Waals surface area contributed by atoms with Gasteiger partial charge in [0.15, 0.2) is 0 Å². The standard InChI is InChI=1S/C16H29N3O6S.C8H9NO2/c1-2-3-4-5-8-17-11(16(24)25)6-7-13(20)19-12(10-26)15(23)18-9-14(21)22;9-7(8(10)11)6-4-2-1-3-5-6/h11-12,17,26H,2-10H2,1H3,(H,18,23)(H,19,20)(H,21,22)(H,24,25);1-5,7H,9H2,(H,10,11)/t11-,12-;/m0./s1. The molecule has 3 atom stereocenters. The molecule has 12 nitrogen and oxygen atoms in total. The van der Waals surface area contributed by atoms with Crippen LogP contribution in [-0.2, 0) is 24.0 Å². The van der Waals surface area contributed by atoms with Crippen molar-refractivity contribution in [3.8, 4) is 0 Å². The third-order valence-corrected chi connectivity index (χ3v) is 5.42. The maximum Gasteiger partial charge on any atom is 0.325 e. The summed E-state index contributed by atoms with van der Waals surface area (Å²) in [4.78, 5) is 55.7. The summed E-state index contributed by atoms with van der Waals surface area (Å²) in [7, 11) is 0. The predicted molar refractivity (Wildman–Crippen MR) is 140 cm³/mol. The van der Waals surface area contributed by atoms with Gasteiger partial charge in [0.2, 0.25) is 11.8 Å². The fourth-order valence-electron chi connectivity index (χ4n) is 2.97. The molecule has 0 saturated carbocycles. The van der Waals surface area contributed by atoms with Gasteiger partial charge in [-0.05, 0) is 24.9 Å². The molecule has 0 bridgehead atoms. The highest BCUT2D eigenvalue weighted by Gasteiger charge is 2.22. The highest BCUT2D eigenvalue weighted by Crippen LogP contribution is 2.08. The van der Waals surface area contributed by atoms with Gasteiger partial charge in [0.25, 0.3) is 0 Å². The Bertz CT molecular complexity index is 856. The van der Waals surface area contributed by atoms with Crippen molar-refractivity contribution in [1.29, 1.82) is 0 Å². The molecule has 1 unspecified atom stereocenters. The van der Waals surface area contributed by atoms with Crippen molar-refractivity contribution in [1.82, 2.24) is 16.0 Å². The number of nitrogens with two attached hydrogens (primary N) is 1. The molecule has 0 aliphatic rings. The first-order valence-corrected chi connectivity index (χ1v) is 12.6. The quantitative estimate of drug-likeness (QED) is 0.102. The average Bonchev–Trinajstić information content (AvgIpc) is 2.87. The molecule has 0 saturated heterocycles. The van der Waals surface area contributed by atoms with Crippen LogP contribution >= 0.6 is 12.6 Å². The van der Waals surface area contributed by atoms with E-state index in [4.69, 9.17) is 15.9 Å². The van der Waals surface area contributed by atoms with E-state index in [1.807, 2.05) is 6.07 Å². The molecule has 0 spiro atoms. The first kappa shape index (κ1) is 33.8. The summed E-state index contributed by atoms with van der Waals surface area (Å²) in [6.45, 7) is 2.10. The van der Waals surface area contributed by atoms with E-state index in [2.05, 4.69) is 35.5 Å². The molecule has 0 aromatic heterocycles. The van der Waals surface area contributed by atoms with E-state index in [9.17, 15) is 29.1 Å². The van der Waals surface area contributed by atoms with Crippen molar-refractivity contribution >= 4 is 42.4 Å². The van der Waals surface area contributed by atoms with E-state index in [1.165, 1.54) is 0 Å². The molecular formula is C24H38N4O8S. The van der Waals surface area contributed by atoms with Gasteiger partial charge in [-0.3, -0.25) is 24.0 Å². The maximum absolute atomic E-state index is 11.9. The average molecular weight is 543 g/mol. The lowest BCUT2D eigenvalue weighted by Gasteiger charge is -2.17. The van der Waals surface area contributed by atoms with Crippen molar-refractivity contribution < 1.29 is 39.3 Å². The second kappa shape index (κ2) is 20.0. The largest absolute Gasteiger partial charge is 0.480 e. The first-order valence-electron chi connectivity index (χ1n) is 11.9. The number of carboxylic acid groups (broad SMARTS) is 3. The monoisotopic (exact) mass is 542 g/mol. The lowest BCUT2D eigenvalue weighted by Crippen LogP contribution is -2.49. The maximum atomic E-state index is 11.9. The molecule has 0 radical (unpaired) electrons. The Balaban J connectivity index is 0.000000970. The highest BCUT2D eigenvalue weighted by atomic mass is 32.1.